The molecule has 3 N–H and O–H groups in total. The van der Waals surface area contributed by atoms with Gasteiger partial charge >= 0.3 is 6.03 Å². The van der Waals surface area contributed by atoms with Crippen molar-refractivity contribution in [3.8, 4) is 0 Å². The smallest absolute Gasteiger partial charge is 0.314 e. The maximum Gasteiger partial charge on any atom is 0.314 e. The molecule has 0 bridgehead atoms. The van der Waals surface area contributed by atoms with Crippen LogP contribution in [-0.4, -0.2) is 38.1 Å². The number of primary amides is 1. The van der Waals surface area contributed by atoms with Crippen LogP contribution in [0.4, 0.5) is 4.79 Å². The van der Waals surface area contributed by atoms with Gasteiger partial charge in [-0.15, -0.1) is 0 Å². The molecule has 2 amide bonds. The van der Waals surface area contributed by atoms with Crippen LogP contribution < -0.4 is 11.1 Å². The van der Waals surface area contributed by atoms with E-state index in [1.807, 2.05) is 7.05 Å². The zero-order valence-corrected chi connectivity index (χ0v) is 8.68. The Kier molecular flexibility index (Phi) is 7.39. The number of hydrogen-bond acceptors (Lipinski definition) is 2. The molecule has 13 heavy (non-hydrogen) atoms. The number of carbonyl (C=O) groups is 1. The van der Waals surface area contributed by atoms with E-state index in [1.165, 1.54) is 19.3 Å². The minimum absolute atomic E-state index is 0.338. The van der Waals surface area contributed by atoms with Gasteiger partial charge in [-0.25, -0.2) is 4.79 Å². The molecule has 78 valence electrons. The number of nitrogens with one attached hydrogen (secondary N) is 1. The lowest BCUT2D eigenvalue weighted by Crippen LogP contribution is -2.32. The van der Waals surface area contributed by atoms with Crippen molar-refractivity contribution in [3.05, 3.63) is 0 Å². The minimum Gasteiger partial charge on any atom is -0.351 e. The summed E-state index contributed by atoms with van der Waals surface area (Å²) in [5.74, 6) is 0. The fraction of sp³-hybridized carbons (Fsp3) is 0.889. The summed E-state index contributed by atoms with van der Waals surface area (Å²) < 4.78 is 0. The van der Waals surface area contributed by atoms with Crippen molar-refractivity contribution in [1.82, 2.24) is 10.2 Å². The normalized spacial score (nSPS) is 10.0. The van der Waals surface area contributed by atoms with Crippen LogP contribution in [0.3, 0.4) is 0 Å². The Morgan fingerprint density at radius 2 is 1.92 bits per heavy atom. The third-order valence-electron chi connectivity index (χ3n) is 2.05. The Bertz CT molecular complexity index is 139. The maximum absolute atomic E-state index is 10.6. The van der Waals surface area contributed by atoms with Crippen molar-refractivity contribution in [2.24, 2.45) is 5.73 Å². The van der Waals surface area contributed by atoms with Gasteiger partial charge in [0, 0.05) is 13.6 Å². The van der Waals surface area contributed by atoms with E-state index in [4.69, 9.17) is 5.73 Å². The first kappa shape index (κ1) is 12.2. The van der Waals surface area contributed by atoms with E-state index in [1.54, 1.807) is 11.9 Å². The van der Waals surface area contributed by atoms with Crippen LogP contribution in [-0.2, 0) is 0 Å². The highest BCUT2D eigenvalue weighted by Gasteiger charge is 2.00. The lowest BCUT2D eigenvalue weighted by molar-refractivity contribution is 0.217. The van der Waals surface area contributed by atoms with Gasteiger partial charge in [0.05, 0.1) is 0 Å². The summed E-state index contributed by atoms with van der Waals surface area (Å²) in [7, 11) is 3.69. The molecule has 0 fully saturated rings. The Balaban J connectivity index is 3.11. The van der Waals surface area contributed by atoms with Crippen LogP contribution in [0.15, 0.2) is 0 Å². The number of amides is 2. The molecule has 0 unspecified atom stereocenters. The van der Waals surface area contributed by atoms with Crippen LogP contribution in [0.5, 0.6) is 0 Å². The highest BCUT2D eigenvalue weighted by atomic mass is 16.2. The average Bonchev–Trinajstić information content (AvgIpc) is 2.10. The summed E-state index contributed by atoms with van der Waals surface area (Å²) >= 11 is 0. The first-order valence-corrected chi connectivity index (χ1v) is 4.83. The average molecular weight is 187 g/mol. The molecule has 0 aromatic heterocycles. The molecule has 4 nitrogen and oxygen atoms in total. The van der Waals surface area contributed by atoms with E-state index in [2.05, 4.69) is 5.32 Å². The highest BCUT2D eigenvalue weighted by molar-refractivity contribution is 5.71. The molecule has 0 rings (SSSR count). The monoisotopic (exact) mass is 187 g/mol. The number of carbonyl (C=O) groups excluding carboxylic acids is 1. The van der Waals surface area contributed by atoms with Gasteiger partial charge in [-0.2, -0.15) is 0 Å². The van der Waals surface area contributed by atoms with Crippen LogP contribution in [0.25, 0.3) is 0 Å². The number of hydrogen-bond donors (Lipinski definition) is 2. The number of nitrogens with zero attached hydrogens (tertiary/aromatic N) is 1. The van der Waals surface area contributed by atoms with Gasteiger partial charge in [0.25, 0.3) is 0 Å². The fourth-order valence-electron chi connectivity index (χ4n) is 1.11. The topological polar surface area (TPSA) is 58.4 Å². The standard InChI is InChI=1S/C9H21N3O/c1-11-7-5-3-4-6-8-12(2)9(10)13/h11H,3-8H2,1-2H3,(H2,10,13). The minimum atomic E-state index is -0.338. The first-order valence-electron chi connectivity index (χ1n) is 4.83. The predicted molar refractivity (Wildman–Crippen MR) is 54.6 cm³/mol. The second kappa shape index (κ2) is 7.86. The van der Waals surface area contributed by atoms with Crippen molar-refractivity contribution >= 4 is 6.03 Å². The summed E-state index contributed by atoms with van der Waals surface area (Å²) in [4.78, 5) is 12.2. The number of nitrogens with two attached hydrogens (primary N) is 1. The molecule has 0 aromatic carbocycles. The van der Waals surface area contributed by atoms with E-state index in [0.29, 0.717) is 0 Å². The van der Waals surface area contributed by atoms with E-state index >= 15 is 0 Å². The summed E-state index contributed by atoms with van der Waals surface area (Å²) in [6, 6.07) is -0.338. The van der Waals surface area contributed by atoms with Crippen molar-refractivity contribution in [2.45, 2.75) is 25.7 Å². The van der Waals surface area contributed by atoms with Gasteiger partial charge in [-0.05, 0) is 26.4 Å². The third-order valence-corrected chi connectivity index (χ3v) is 2.05. The molecule has 0 saturated carbocycles. The van der Waals surface area contributed by atoms with Crippen molar-refractivity contribution < 1.29 is 4.79 Å². The number of rotatable bonds is 7. The van der Waals surface area contributed by atoms with Gasteiger partial charge in [-0.3, -0.25) is 0 Å². The molecule has 0 aliphatic carbocycles. The molecular formula is C9H21N3O. The van der Waals surface area contributed by atoms with Gasteiger partial charge in [0.2, 0.25) is 0 Å². The summed E-state index contributed by atoms with van der Waals surface area (Å²) in [5, 5.41) is 3.10. The lowest BCUT2D eigenvalue weighted by Gasteiger charge is -2.13. The van der Waals surface area contributed by atoms with Crippen molar-refractivity contribution in [2.75, 3.05) is 27.2 Å². The molecule has 0 atom stereocenters. The van der Waals surface area contributed by atoms with E-state index in [0.717, 1.165) is 19.5 Å². The fourth-order valence-corrected chi connectivity index (χ4v) is 1.11. The molecule has 0 aliphatic rings. The highest BCUT2D eigenvalue weighted by Crippen LogP contribution is 1.99. The summed E-state index contributed by atoms with van der Waals surface area (Å²) in [6.45, 7) is 1.85. The largest absolute Gasteiger partial charge is 0.351 e. The van der Waals surface area contributed by atoms with Crippen LogP contribution in [0, 0.1) is 0 Å². The molecule has 0 spiro atoms. The molecule has 0 aromatic rings. The van der Waals surface area contributed by atoms with Crippen LogP contribution in [0.2, 0.25) is 0 Å². The summed E-state index contributed by atoms with van der Waals surface area (Å²) in [6.07, 6.45) is 4.63. The number of urea groups is 1. The maximum atomic E-state index is 10.6. The Hall–Kier alpha value is -0.770. The van der Waals surface area contributed by atoms with Gasteiger partial charge in [-0.1, -0.05) is 12.8 Å². The van der Waals surface area contributed by atoms with E-state index < -0.39 is 0 Å². The lowest BCUT2D eigenvalue weighted by atomic mass is 10.2. The van der Waals surface area contributed by atoms with Crippen LogP contribution >= 0.6 is 0 Å². The molecular weight excluding hydrogens is 166 g/mol. The first-order chi connectivity index (χ1) is 6.18. The SMILES string of the molecule is CNCCCCCCN(C)C(N)=O. The summed E-state index contributed by atoms with van der Waals surface area (Å²) in [5.41, 5.74) is 5.08. The van der Waals surface area contributed by atoms with Gasteiger partial charge in [0.15, 0.2) is 0 Å². The second-order valence-corrected chi connectivity index (χ2v) is 3.28. The Morgan fingerprint density at radius 3 is 2.46 bits per heavy atom. The molecule has 0 saturated heterocycles. The quantitative estimate of drug-likeness (QED) is 0.579. The predicted octanol–water partition coefficient (Wildman–Crippen LogP) is 0.777. The third kappa shape index (κ3) is 7.59. The zero-order chi connectivity index (χ0) is 10.1. The Morgan fingerprint density at radius 1 is 1.31 bits per heavy atom. The van der Waals surface area contributed by atoms with Gasteiger partial charge < -0.3 is 16.0 Å². The van der Waals surface area contributed by atoms with Crippen molar-refractivity contribution in [1.29, 1.82) is 0 Å². The van der Waals surface area contributed by atoms with E-state index in [9.17, 15) is 4.79 Å². The van der Waals surface area contributed by atoms with Crippen LogP contribution in [0.1, 0.15) is 25.7 Å². The molecule has 0 heterocycles. The number of unbranched alkanes of at least 4 members (excludes halogenated alkanes) is 3. The molecule has 4 heteroatoms. The van der Waals surface area contributed by atoms with Gasteiger partial charge in [0.1, 0.15) is 0 Å². The molecule has 0 radical (unpaired) electrons. The second-order valence-electron chi connectivity index (χ2n) is 3.28. The Labute approximate surface area is 80.5 Å². The zero-order valence-electron chi connectivity index (χ0n) is 8.68. The van der Waals surface area contributed by atoms with E-state index in [-0.39, 0.29) is 6.03 Å². The molecule has 0 aliphatic heterocycles. The van der Waals surface area contributed by atoms with Crippen molar-refractivity contribution in [3.63, 3.8) is 0 Å².